The molecule has 0 aliphatic carbocycles. The highest BCUT2D eigenvalue weighted by molar-refractivity contribution is 9.13. The van der Waals surface area contributed by atoms with Crippen molar-refractivity contribution in [3.05, 3.63) is 52.5 Å². The Labute approximate surface area is 147 Å². The fourth-order valence-electron chi connectivity index (χ4n) is 1.83. The maximum absolute atomic E-state index is 6.15. The standard InChI is InChI=1S/C13H11Br3ClNS/c1-2-18-12(11-6-10(15)13(16)19-11)7-3-8(14)5-9(17)4-7/h3-6,12,18H,2H2,1H3. The highest BCUT2D eigenvalue weighted by Crippen LogP contribution is 2.38. The Morgan fingerprint density at radius 1 is 1.21 bits per heavy atom. The number of rotatable bonds is 4. The maximum Gasteiger partial charge on any atom is 0.0843 e. The van der Waals surface area contributed by atoms with E-state index in [2.05, 4.69) is 72.2 Å². The molecule has 102 valence electrons. The van der Waals surface area contributed by atoms with Crippen LogP contribution >= 0.6 is 70.7 Å². The molecule has 1 nitrogen and oxygen atoms in total. The minimum absolute atomic E-state index is 0.146. The van der Waals surface area contributed by atoms with Gasteiger partial charge in [0.05, 0.1) is 9.83 Å². The average molecular weight is 488 g/mol. The molecule has 0 fully saturated rings. The smallest absolute Gasteiger partial charge is 0.0843 e. The second-order valence-corrected chi connectivity index (χ2v) is 8.57. The summed E-state index contributed by atoms with van der Waals surface area (Å²) in [5, 5.41) is 4.24. The maximum atomic E-state index is 6.15. The Hall–Kier alpha value is 0.610. The van der Waals surface area contributed by atoms with Crippen LogP contribution in [0, 0.1) is 0 Å². The quantitative estimate of drug-likeness (QED) is 0.526. The third-order valence-corrected chi connectivity index (χ3v) is 6.57. The lowest BCUT2D eigenvalue weighted by atomic mass is 10.1. The molecule has 1 N–H and O–H groups in total. The van der Waals surface area contributed by atoms with Crippen LogP contribution in [0.2, 0.25) is 5.02 Å². The third-order valence-electron chi connectivity index (χ3n) is 2.58. The minimum atomic E-state index is 0.146. The predicted octanol–water partition coefficient (Wildman–Crippen LogP) is 6.39. The van der Waals surface area contributed by atoms with E-state index in [1.165, 1.54) is 4.88 Å². The van der Waals surface area contributed by atoms with Crippen molar-refractivity contribution in [3.63, 3.8) is 0 Å². The molecular formula is C13H11Br3ClNS. The van der Waals surface area contributed by atoms with Crippen LogP contribution in [-0.4, -0.2) is 6.54 Å². The molecular weight excluding hydrogens is 477 g/mol. The summed E-state index contributed by atoms with van der Waals surface area (Å²) < 4.78 is 3.18. The van der Waals surface area contributed by atoms with E-state index in [1.807, 2.05) is 12.1 Å². The first kappa shape index (κ1) is 16.0. The van der Waals surface area contributed by atoms with Gasteiger partial charge in [0.2, 0.25) is 0 Å². The molecule has 0 radical (unpaired) electrons. The van der Waals surface area contributed by atoms with Gasteiger partial charge in [0.25, 0.3) is 0 Å². The van der Waals surface area contributed by atoms with Crippen LogP contribution in [0.3, 0.4) is 0 Å². The second kappa shape index (κ2) is 7.05. The van der Waals surface area contributed by atoms with E-state index in [-0.39, 0.29) is 6.04 Å². The van der Waals surface area contributed by atoms with Crippen LogP contribution in [0.15, 0.2) is 37.0 Å². The van der Waals surface area contributed by atoms with Gasteiger partial charge in [-0.2, -0.15) is 0 Å². The zero-order valence-electron chi connectivity index (χ0n) is 10.0. The number of nitrogens with one attached hydrogen (secondary N) is 1. The van der Waals surface area contributed by atoms with Crippen molar-refractivity contribution in [1.82, 2.24) is 5.32 Å². The van der Waals surface area contributed by atoms with Gasteiger partial charge in [-0.3, -0.25) is 0 Å². The van der Waals surface area contributed by atoms with Gasteiger partial charge in [0.15, 0.2) is 0 Å². The highest BCUT2D eigenvalue weighted by Gasteiger charge is 2.18. The lowest BCUT2D eigenvalue weighted by molar-refractivity contribution is 0.639. The van der Waals surface area contributed by atoms with Gasteiger partial charge in [0.1, 0.15) is 0 Å². The summed E-state index contributed by atoms with van der Waals surface area (Å²) in [6, 6.07) is 8.28. The SMILES string of the molecule is CCNC(c1cc(Cl)cc(Br)c1)c1cc(Br)c(Br)s1. The minimum Gasteiger partial charge on any atom is -0.306 e. The Kier molecular flexibility index (Phi) is 5.93. The van der Waals surface area contributed by atoms with E-state index in [0.29, 0.717) is 0 Å². The van der Waals surface area contributed by atoms with E-state index >= 15 is 0 Å². The van der Waals surface area contributed by atoms with Crippen molar-refractivity contribution in [1.29, 1.82) is 0 Å². The summed E-state index contributed by atoms with van der Waals surface area (Å²) in [6.45, 7) is 2.99. The zero-order chi connectivity index (χ0) is 14.0. The Bertz CT molecular complexity index is 546. The van der Waals surface area contributed by atoms with Crippen LogP contribution in [-0.2, 0) is 0 Å². The monoisotopic (exact) mass is 485 g/mol. The van der Waals surface area contributed by atoms with Crippen molar-refractivity contribution in [2.45, 2.75) is 13.0 Å². The van der Waals surface area contributed by atoms with Gasteiger partial charge in [-0.05, 0) is 68.2 Å². The third kappa shape index (κ3) is 4.05. The van der Waals surface area contributed by atoms with Gasteiger partial charge in [-0.1, -0.05) is 34.5 Å². The van der Waals surface area contributed by atoms with Crippen LogP contribution in [0.25, 0.3) is 0 Å². The molecule has 0 saturated carbocycles. The Balaban J connectivity index is 2.44. The normalized spacial score (nSPS) is 12.7. The molecule has 0 aliphatic heterocycles. The van der Waals surface area contributed by atoms with Gasteiger partial charge >= 0.3 is 0 Å². The first-order valence-electron chi connectivity index (χ1n) is 5.65. The molecule has 2 rings (SSSR count). The Morgan fingerprint density at radius 3 is 2.47 bits per heavy atom. The van der Waals surface area contributed by atoms with E-state index in [4.69, 9.17) is 11.6 Å². The molecule has 6 heteroatoms. The van der Waals surface area contributed by atoms with Crippen molar-refractivity contribution in [2.75, 3.05) is 6.54 Å². The summed E-state index contributed by atoms with van der Waals surface area (Å²) in [5.74, 6) is 0. The van der Waals surface area contributed by atoms with Crippen molar-refractivity contribution in [2.24, 2.45) is 0 Å². The first-order valence-corrected chi connectivity index (χ1v) is 9.22. The average Bonchev–Trinajstić information content (AvgIpc) is 2.65. The number of hydrogen-bond acceptors (Lipinski definition) is 2. The molecule has 0 amide bonds. The van der Waals surface area contributed by atoms with Crippen molar-refractivity contribution < 1.29 is 0 Å². The second-order valence-electron chi connectivity index (χ2n) is 3.96. The highest BCUT2D eigenvalue weighted by atomic mass is 79.9. The lowest BCUT2D eigenvalue weighted by Crippen LogP contribution is -2.21. The van der Waals surface area contributed by atoms with Gasteiger partial charge in [-0.25, -0.2) is 0 Å². The molecule has 0 saturated heterocycles. The zero-order valence-corrected chi connectivity index (χ0v) is 16.3. The number of benzene rings is 1. The summed E-state index contributed by atoms with van der Waals surface area (Å²) >= 11 is 18.4. The molecule has 0 spiro atoms. The van der Waals surface area contributed by atoms with Crippen LogP contribution in [0.1, 0.15) is 23.4 Å². The lowest BCUT2D eigenvalue weighted by Gasteiger charge is -2.17. The number of thiophene rings is 1. The van der Waals surface area contributed by atoms with Crippen molar-refractivity contribution >= 4 is 70.7 Å². The predicted molar refractivity (Wildman–Crippen MR) is 94.4 cm³/mol. The first-order chi connectivity index (χ1) is 9.01. The van der Waals surface area contributed by atoms with Crippen LogP contribution in [0.4, 0.5) is 0 Å². The molecule has 2 aromatic rings. The van der Waals surface area contributed by atoms with Crippen LogP contribution in [0.5, 0.6) is 0 Å². The summed E-state index contributed by atoms with van der Waals surface area (Å²) in [5.41, 5.74) is 1.16. The van der Waals surface area contributed by atoms with E-state index < -0.39 is 0 Å². The molecule has 1 aromatic carbocycles. The number of hydrogen-bond donors (Lipinski definition) is 1. The fraction of sp³-hybridized carbons (Fsp3) is 0.231. The van der Waals surface area contributed by atoms with Gasteiger partial charge in [-0.15, -0.1) is 11.3 Å². The van der Waals surface area contributed by atoms with Gasteiger partial charge < -0.3 is 5.32 Å². The van der Waals surface area contributed by atoms with E-state index in [1.54, 1.807) is 11.3 Å². The Morgan fingerprint density at radius 2 is 1.95 bits per heavy atom. The van der Waals surface area contributed by atoms with E-state index in [9.17, 15) is 0 Å². The summed E-state index contributed by atoms with van der Waals surface area (Å²) in [4.78, 5) is 1.25. The van der Waals surface area contributed by atoms with Crippen LogP contribution < -0.4 is 5.32 Å². The molecule has 1 unspecified atom stereocenters. The molecule has 1 heterocycles. The fourth-order valence-corrected chi connectivity index (χ4v) is 4.91. The van der Waals surface area contributed by atoms with E-state index in [0.717, 1.165) is 29.9 Å². The molecule has 0 aliphatic rings. The number of halogens is 4. The summed E-state index contributed by atoms with van der Waals surface area (Å²) in [6.07, 6.45) is 0. The largest absolute Gasteiger partial charge is 0.306 e. The topological polar surface area (TPSA) is 12.0 Å². The van der Waals surface area contributed by atoms with Crippen molar-refractivity contribution in [3.8, 4) is 0 Å². The molecule has 1 atom stereocenters. The molecule has 19 heavy (non-hydrogen) atoms. The summed E-state index contributed by atoms with van der Waals surface area (Å²) in [7, 11) is 0. The molecule has 0 bridgehead atoms. The molecule has 1 aromatic heterocycles. The van der Waals surface area contributed by atoms with Gasteiger partial charge in [0, 0.05) is 18.8 Å².